The molecule has 0 unspecified atom stereocenters. The molecular formula is C15H21ClN2O. The van der Waals surface area contributed by atoms with E-state index >= 15 is 0 Å². The summed E-state index contributed by atoms with van der Waals surface area (Å²) >= 11 is 6.18. The van der Waals surface area contributed by atoms with E-state index in [1.807, 2.05) is 12.1 Å². The van der Waals surface area contributed by atoms with Gasteiger partial charge < -0.3 is 15.0 Å². The molecule has 0 amide bonds. The van der Waals surface area contributed by atoms with Crippen molar-refractivity contribution in [1.82, 2.24) is 10.2 Å². The molecule has 0 radical (unpaired) electrons. The molecule has 0 atom stereocenters. The molecule has 0 spiro atoms. The lowest BCUT2D eigenvalue weighted by Gasteiger charge is -2.19. The van der Waals surface area contributed by atoms with Crippen molar-refractivity contribution < 1.29 is 4.74 Å². The number of ether oxygens (including phenoxy) is 1. The second-order valence-electron chi connectivity index (χ2n) is 5.62. The van der Waals surface area contributed by atoms with Crippen molar-refractivity contribution in [3.8, 4) is 5.75 Å². The van der Waals surface area contributed by atoms with Crippen molar-refractivity contribution in [3.63, 3.8) is 0 Å². The Hall–Kier alpha value is -0.770. The van der Waals surface area contributed by atoms with E-state index in [-0.39, 0.29) is 0 Å². The van der Waals surface area contributed by atoms with Crippen molar-refractivity contribution in [2.24, 2.45) is 0 Å². The summed E-state index contributed by atoms with van der Waals surface area (Å²) < 4.78 is 5.74. The van der Waals surface area contributed by atoms with E-state index in [4.69, 9.17) is 16.3 Å². The minimum absolute atomic E-state index is 0.784. The number of rotatable bonds is 6. The van der Waals surface area contributed by atoms with Crippen molar-refractivity contribution in [2.75, 3.05) is 26.7 Å². The van der Waals surface area contributed by atoms with Gasteiger partial charge in [-0.3, -0.25) is 0 Å². The van der Waals surface area contributed by atoms with Crippen LogP contribution in [0.2, 0.25) is 5.02 Å². The predicted octanol–water partition coefficient (Wildman–Crippen LogP) is 2.46. The standard InChI is InChI=1S/C15H21ClN2O/c1-18(6-5-17-14-2-3-14)10-12-9-13(16)8-11-4-7-19-15(11)12/h8-9,14,17H,2-7,10H2,1H3. The lowest BCUT2D eigenvalue weighted by molar-refractivity contribution is 0.308. The van der Waals surface area contributed by atoms with Crippen molar-refractivity contribution in [3.05, 3.63) is 28.3 Å². The zero-order chi connectivity index (χ0) is 13.2. The van der Waals surface area contributed by atoms with Crippen molar-refractivity contribution in [2.45, 2.75) is 31.8 Å². The third-order valence-electron chi connectivity index (χ3n) is 3.77. The third-order valence-corrected chi connectivity index (χ3v) is 3.99. The van der Waals surface area contributed by atoms with Gasteiger partial charge in [-0.15, -0.1) is 0 Å². The van der Waals surface area contributed by atoms with Crippen LogP contribution in [-0.4, -0.2) is 37.7 Å². The Kier molecular flexibility index (Phi) is 3.96. The van der Waals surface area contributed by atoms with E-state index in [9.17, 15) is 0 Å². The summed E-state index contributed by atoms with van der Waals surface area (Å²) in [6.45, 7) is 3.80. The van der Waals surface area contributed by atoms with Gasteiger partial charge >= 0.3 is 0 Å². The molecule has 1 aromatic carbocycles. The Labute approximate surface area is 119 Å². The molecule has 2 aliphatic rings. The number of hydrogen-bond acceptors (Lipinski definition) is 3. The first-order valence-electron chi connectivity index (χ1n) is 7.08. The Balaban J connectivity index is 1.58. The van der Waals surface area contributed by atoms with Crippen LogP contribution in [0.25, 0.3) is 0 Å². The minimum Gasteiger partial charge on any atom is -0.493 e. The molecule has 1 fully saturated rings. The van der Waals surface area contributed by atoms with Crippen LogP contribution in [0.15, 0.2) is 12.1 Å². The van der Waals surface area contributed by atoms with Crippen LogP contribution in [0.3, 0.4) is 0 Å². The van der Waals surface area contributed by atoms with Gasteiger partial charge in [0.25, 0.3) is 0 Å². The van der Waals surface area contributed by atoms with Crippen LogP contribution in [0, 0.1) is 0 Å². The first-order chi connectivity index (χ1) is 9.22. The molecule has 1 heterocycles. The van der Waals surface area contributed by atoms with Crippen molar-refractivity contribution in [1.29, 1.82) is 0 Å². The molecule has 1 saturated carbocycles. The quantitative estimate of drug-likeness (QED) is 0.866. The molecule has 1 N–H and O–H groups in total. The average Bonchev–Trinajstić information content (AvgIpc) is 3.05. The van der Waals surface area contributed by atoms with Gasteiger partial charge in [-0.05, 0) is 37.6 Å². The second kappa shape index (κ2) is 5.70. The normalized spacial score (nSPS) is 17.6. The third kappa shape index (κ3) is 3.41. The molecule has 1 aliphatic heterocycles. The Morgan fingerprint density at radius 3 is 3.05 bits per heavy atom. The largest absolute Gasteiger partial charge is 0.493 e. The summed E-state index contributed by atoms with van der Waals surface area (Å²) in [5.74, 6) is 1.06. The van der Waals surface area contributed by atoms with Gasteiger partial charge in [0.1, 0.15) is 5.75 Å². The molecular weight excluding hydrogens is 260 g/mol. The Bertz CT molecular complexity index is 460. The van der Waals surface area contributed by atoms with Crippen LogP contribution in [0.4, 0.5) is 0 Å². The lowest BCUT2D eigenvalue weighted by Crippen LogP contribution is -2.30. The number of fused-ring (bicyclic) bond motifs is 1. The maximum atomic E-state index is 6.18. The van der Waals surface area contributed by atoms with Gasteiger partial charge in [0, 0.05) is 42.7 Å². The smallest absolute Gasteiger partial charge is 0.127 e. The van der Waals surface area contributed by atoms with E-state index in [0.29, 0.717) is 0 Å². The summed E-state index contributed by atoms with van der Waals surface area (Å²) in [4.78, 5) is 2.32. The fourth-order valence-corrected chi connectivity index (χ4v) is 2.84. The Morgan fingerprint density at radius 1 is 1.42 bits per heavy atom. The van der Waals surface area contributed by atoms with Crippen molar-refractivity contribution >= 4 is 11.6 Å². The van der Waals surface area contributed by atoms with E-state index in [2.05, 4.69) is 17.3 Å². The molecule has 0 bridgehead atoms. The monoisotopic (exact) mass is 280 g/mol. The highest BCUT2D eigenvalue weighted by Crippen LogP contribution is 2.33. The maximum absolute atomic E-state index is 6.18. The molecule has 3 nitrogen and oxygen atoms in total. The van der Waals surface area contributed by atoms with Crippen LogP contribution in [-0.2, 0) is 13.0 Å². The number of halogens is 1. The second-order valence-corrected chi connectivity index (χ2v) is 6.05. The lowest BCUT2D eigenvalue weighted by atomic mass is 10.1. The predicted molar refractivity (Wildman–Crippen MR) is 78.0 cm³/mol. The van der Waals surface area contributed by atoms with E-state index < -0.39 is 0 Å². The number of likely N-dealkylation sites (N-methyl/N-ethyl adjacent to an activating group) is 1. The van der Waals surface area contributed by atoms with Gasteiger partial charge in [-0.1, -0.05) is 11.6 Å². The molecule has 1 aromatic rings. The Morgan fingerprint density at radius 2 is 2.26 bits per heavy atom. The van der Waals surface area contributed by atoms with Gasteiger partial charge in [-0.2, -0.15) is 0 Å². The summed E-state index contributed by atoms with van der Waals surface area (Å²) in [6, 6.07) is 4.85. The fourth-order valence-electron chi connectivity index (χ4n) is 2.58. The van der Waals surface area contributed by atoms with Crippen LogP contribution in [0.1, 0.15) is 24.0 Å². The average molecular weight is 281 g/mol. The molecule has 1 aliphatic carbocycles. The first kappa shape index (κ1) is 13.2. The first-order valence-corrected chi connectivity index (χ1v) is 7.46. The maximum Gasteiger partial charge on any atom is 0.127 e. The fraction of sp³-hybridized carbons (Fsp3) is 0.600. The van der Waals surface area contributed by atoms with Gasteiger partial charge in [0.15, 0.2) is 0 Å². The highest BCUT2D eigenvalue weighted by atomic mass is 35.5. The van der Waals surface area contributed by atoms with Crippen LogP contribution >= 0.6 is 11.6 Å². The SMILES string of the molecule is CN(CCNC1CC1)Cc1cc(Cl)cc2c1OCC2. The summed E-state index contributed by atoms with van der Waals surface area (Å²) in [7, 11) is 2.15. The highest BCUT2D eigenvalue weighted by molar-refractivity contribution is 6.30. The number of nitrogens with one attached hydrogen (secondary N) is 1. The van der Waals surface area contributed by atoms with Gasteiger partial charge in [-0.25, -0.2) is 0 Å². The van der Waals surface area contributed by atoms with E-state index in [0.717, 1.165) is 49.5 Å². The van der Waals surface area contributed by atoms with E-state index in [1.165, 1.54) is 24.0 Å². The molecule has 0 aromatic heterocycles. The van der Waals surface area contributed by atoms with Crippen LogP contribution < -0.4 is 10.1 Å². The van der Waals surface area contributed by atoms with Gasteiger partial charge in [0.05, 0.1) is 6.61 Å². The molecule has 0 saturated heterocycles. The molecule has 104 valence electrons. The van der Waals surface area contributed by atoms with E-state index in [1.54, 1.807) is 0 Å². The van der Waals surface area contributed by atoms with Gasteiger partial charge in [0.2, 0.25) is 0 Å². The molecule has 3 rings (SSSR count). The topological polar surface area (TPSA) is 24.5 Å². The summed E-state index contributed by atoms with van der Waals surface area (Å²) in [5.41, 5.74) is 2.47. The molecule has 19 heavy (non-hydrogen) atoms. The minimum atomic E-state index is 0.784. The highest BCUT2D eigenvalue weighted by Gasteiger charge is 2.21. The van der Waals surface area contributed by atoms with Crippen LogP contribution in [0.5, 0.6) is 5.75 Å². The number of benzene rings is 1. The number of nitrogens with zero attached hydrogens (tertiary/aromatic N) is 1. The molecule has 4 heteroatoms. The number of hydrogen-bond donors (Lipinski definition) is 1. The zero-order valence-electron chi connectivity index (χ0n) is 11.4. The summed E-state index contributed by atoms with van der Waals surface area (Å²) in [5, 5.41) is 4.36. The zero-order valence-corrected chi connectivity index (χ0v) is 12.2. The summed E-state index contributed by atoms with van der Waals surface area (Å²) in [6.07, 6.45) is 3.68.